The molecule has 1 aromatic heterocycles. The lowest BCUT2D eigenvalue weighted by Gasteiger charge is -2.07. The molecule has 0 aromatic carbocycles. The molecule has 0 aliphatic rings. The molecule has 1 aromatic rings. The van der Waals surface area contributed by atoms with Crippen molar-refractivity contribution in [3.8, 4) is 0 Å². The van der Waals surface area contributed by atoms with Gasteiger partial charge in [-0.25, -0.2) is 4.79 Å². The second-order valence-corrected chi connectivity index (χ2v) is 5.32. The molecule has 1 heterocycles. The number of hydrogen-bond acceptors (Lipinski definition) is 3. The Bertz CT molecular complexity index is 399. The van der Waals surface area contributed by atoms with E-state index in [1.165, 1.54) is 52.1 Å². The Balaban J connectivity index is 2.23. The van der Waals surface area contributed by atoms with Crippen molar-refractivity contribution in [3.05, 3.63) is 18.0 Å². The van der Waals surface area contributed by atoms with E-state index in [0.29, 0.717) is 11.4 Å². The summed E-state index contributed by atoms with van der Waals surface area (Å²) >= 11 is 0. The zero-order chi connectivity index (χ0) is 14.8. The van der Waals surface area contributed by atoms with Crippen molar-refractivity contribution in [2.45, 2.75) is 64.8 Å². The molecule has 0 amide bonds. The van der Waals surface area contributed by atoms with Gasteiger partial charge < -0.3 is 15.0 Å². The number of nitrogens with two attached hydrogens (primary N) is 1. The number of anilines is 1. The lowest BCUT2D eigenvalue weighted by molar-refractivity contribution is 0.0588. The number of nitrogens with zero attached hydrogens (tertiary/aromatic N) is 1. The Morgan fingerprint density at radius 3 is 2.35 bits per heavy atom. The molecule has 0 saturated carbocycles. The molecule has 0 atom stereocenters. The molecular formula is C16H28N2O2. The zero-order valence-electron chi connectivity index (χ0n) is 12.9. The van der Waals surface area contributed by atoms with Crippen molar-refractivity contribution in [1.29, 1.82) is 0 Å². The molecule has 0 spiro atoms. The Kier molecular flexibility index (Phi) is 7.85. The maximum absolute atomic E-state index is 11.6. The molecule has 0 aliphatic heterocycles. The molecule has 0 saturated heterocycles. The molecule has 1 rings (SSSR count). The van der Waals surface area contributed by atoms with Crippen molar-refractivity contribution >= 4 is 11.7 Å². The van der Waals surface area contributed by atoms with Crippen LogP contribution >= 0.6 is 0 Å². The SMILES string of the molecule is CCCCCCCCCCn1cc(N)cc1C(=O)OC. The summed E-state index contributed by atoms with van der Waals surface area (Å²) in [4.78, 5) is 11.6. The summed E-state index contributed by atoms with van der Waals surface area (Å²) in [7, 11) is 1.40. The molecule has 20 heavy (non-hydrogen) atoms. The van der Waals surface area contributed by atoms with Gasteiger partial charge in [0.05, 0.1) is 12.8 Å². The van der Waals surface area contributed by atoms with Crippen LogP contribution in [-0.4, -0.2) is 17.6 Å². The predicted octanol–water partition coefficient (Wildman–Crippen LogP) is 4.00. The number of nitrogen functional groups attached to an aromatic ring is 1. The first-order chi connectivity index (χ1) is 9.69. The molecular weight excluding hydrogens is 252 g/mol. The van der Waals surface area contributed by atoms with E-state index in [1.54, 1.807) is 6.07 Å². The van der Waals surface area contributed by atoms with Gasteiger partial charge in [0.25, 0.3) is 0 Å². The summed E-state index contributed by atoms with van der Waals surface area (Å²) in [5, 5.41) is 0. The monoisotopic (exact) mass is 280 g/mol. The third-order valence-corrected chi connectivity index (χ3v) is 3.56. The normalized spacial score (nSPS) is 10.7. The fourth-order valence-corrected chi connectivity index (χ4v) is 2.41. The number of ether oxygens (including phenoxy) is 1. The Labute approximate surface area is 122 Å². The van der Waals surface area contributed by atoms with E-state index in [-0.39, 0.29) is 5.97 Å². The van der Waals surface area contributed by atoms with Crippen LogP contribution in [0.25, 0.3) is 0 Å². The summed E-state index contributed by atoms with van der Waals surface area (Å²) in [5.74, 6) is -0.318. The lowest BCUT2D eigenvalue weighted by atomic mass is 10.1. The van der Waals surface area contributed by atoms with Crippen LogP contribution in [-0.2, 0) is 11.3 Å². The smallest absolute Gasteiger partial charge is 0.354 e. The highest BCUT2D eigenvalue weighted by atomic mass is 16.5. The van der Waals surface area contributed by atoms with Crippen LogP contribution in [0.1, 0.15) is 68.8 Å². The summed E-state index contributed by atoms with van der Waals surface area (Å²) in [6, 6.07) is 1.68. The van der Waals surface area contributed by atoms with E-state index < -0.39 is 0 Å². The van der Waals surface area contributed by atoms with Gasteiger partial charge in [0.15, 0.2) is 0 Å². The Morgan fingerprint density at radius 1 is 1.15 bits per heavy atom. The number of esters is 1. The van der Waals surface area contributed by atoms with Gasteiger partial charge in [-0.3, -0.25) is 0 Å². The zero-order valence-corrected chi connectivity index (χ0v) is 12.9. The third kappa shape index (κ3) is 5.68. The maximum atomic E-state index is 11.6. The third-order valence-electron chi connectivity index (χ3n) is 3.56. The number of methoxy groups -OCH3 is 1. The Hall–Kier alpha value is -1.45. The number of aryl methyl sites for hydroxylation is 1. The highest BCUT2D eigenvalue weighted by Crippen LogP contribution is 2.14. The van der Waals surface area contributed by atoms with Crippen LogP contribution in [0, 0.1) is 0 Å². The topological polar surface area (TPSA) is 57.2 Å². The number of aromatic nitrogens is 1. The van der Waals surface area contributed by atoms with E-state index in [9.17, 15) is 4.79 Å². The molecule has 0 aliphatic carbocycles. The van der Waals surface area contributed by atoms with Crippen LogP contribution in [0.15, 0.2) is 12.3 Å². The van der Waals surface area contributed by atoms with Crippen LogP contribution in [0.2, 0.25) is 0 Å². The summed E-state index contributed by atoms with van der Waals surface area (Å²) in [5.41, 5.74) is 6.91. The van der Waals surface area contributed by atoms with Gasteiger partial charge in [0.1, 0.15) is 5.69 Å². The summed E-state index contributed by atoms with van der Waals surface area (Å²) < 4.78 is 6.66. The van der Waals surface area contributed by atoms with Gasteiger partial charge in [-0.2, -0.15) is 0 Å². The second-order valence-electron chi connectivity index (χ2n) is 5.32. The molecule has 0 radical (unpaired) electrons. The van der Waals surface area contributed by atoms with E-state index in [2.05, 4.69) is 6.92 Å². The minimum atomic E-state index is -0.318. The molecule has 114 valence electrons. The molecule has 2 N–H and O–H groups in total. The number of unbranched alkanes of at least 4 members (excludes halogenated alkanes) is 7. The highest BCUT2D eigenvalue weighted by Gasteiger charge is 2.12. The van der Waals surface area contributed by atoms with E-state index >= 15 is 0 Å². The average Bonchev–Trinajstić information content (AvgIpc) is 2.82. The minimum Gasteiger partial charge on any atom is -0.464 e. The standard InChI is InChI=1S/C16H28N2O2/c1-3-4-5-6-7-8-9-10-11-18-13-14(17)12-15(18)16(19)20-2/h12-13H,3-11,17H2,1-2H3. The van der Waals surface area contributed by atoms with Gasteiger partial charge >= 0.3 is 5.97 Å². The van der Waals surface area contributed by atoms with Crippen molar-refractivity contribution < 1.29 is 9.53 Å². The van der Waals surface area contributed by atoms with Crippen molar-refractivity contribution in [2.24, 2.45) is 0 Å². The van der Waals surface area contributed by atoms with E-state index in [1.807, 2.05) is 10.8 Å². The largest absolute Gasteiger partial charge is 0.464 e. The van der Waals surface area contributed by atoms with E-state index in [4.69, 9.17) is 10.5 Å². The molecule has 0 bridgehead atoms. The van der Waals surface area contributed by atoms with Crippen molar-refractivity contribution in [2.75, 3.05) is 12.8 Å². The van der Waals surface area contributed by atoms with Crippen LogP contribution in [0.3, 0.4) is 0 Å². The first-order valence-corrected chi connectivity index (χ1v) is 7.73. The van der Waals surface area contributed by atoms with E-state index in [0.717, 1.165) is 13.0 Å². The first kappa shape index (κ1) is 16.6. The molecule has 4 heteroatoms. The summed E-state index contributed by atoms with van der Waals surface area (Å²) in [6.07, 6.45) is 12.0. The molecule has 0 fully saturated rings. The van der Waals surface area contributed by atoms with Crippen LogP contribution in [0.5, 0.6) is 0 Å². The average molecular weight is 280 g/mol. The van der Waals surface area contributed by atoms with Crippen molar-refractivity contribution in [1.82, 2.24) is 4.57 Å². The number of carbonyl (C=O) groups excluding carboxylic acids is 1. The maximum Gasteiger partial charge on any atom is 0.354 e. The van der Waals surface area contributed by atoms with Crippen LogP contribution < -0.4 is 5.73 Å². The lowest BCUT2D eigenvalue weighted by Crippen LogP contribution is -2.10. The van der Waals surface area contributed by atoms with Gasteiger partial charge in [0, 0.05) is 12.7 Å². The highest BCUT2D eigenvalue weighted by molar-refractivity contribution is 5.88. The van der Waals surface area contributed by atoms with Gasteiger partial charge in [-0.05, 0) is 12.5 Å². The van der Waals surface area contributed by atoms with Crippen molar-refractivity contribution in [3.63, 3.8) is 0 Å². The molecule has 0 unspecified atom stereocenters. The fraction of sp³-hybridized carbons (Fsp3) is 0.688. The summed E-state index contributed by atoms with van der Waals surface area (Å²) in [6.45, 7) is 3.07. The molecule has 4 nitrogen and oxygen atoms in total. The number of hydrogen-bond donors (Lipinski definition) is 1. The fourth-order valence-electron chi connectivity index (χ4n) is 2.41. The first-order valence-electron chi connectivity index (χ1n) is 7.73. The van der Waals surface area contributed by atoms with Gasteiger partial charge in [0.2, 0.25) is 0 Å². The predicted molar refractivity (Wildman–Crippen MR) is 82.8 cm³/mol. The second kappa shape index (κ2) is 9.45. The van der Waals surface area contributed by atoms with Crippen LogP contribution in [0.4, 0.5) is 5.69 Å². The number of carbonyl (C=O) groups is 1. The Morgan fingerprint density at radius 2 is 1.75 bits per heavy atom. The minimum absolute atomic E-state index is 0.318. The number of rotatable bonds is 10. The van der Waals surface area contributed by atoms with Gasteiger partial charge in [-0.1, -0.05) is 51.9 Å². The quantitative estimate of drug-likeness (QED) is 0.520. The van der Waals surface area contributed by atoms with Gasteiger partial charge in [-0.15, -0.1) is 0 Å².